The second-order valence-corrected chi connectivity index (χ2v) is 7.88. The Morgan fingerprint density at radius 1 is 1.14 bits per heavy atom. The molecule has 0 spiro atoms. The third-order valence-corrected chi connectivity index (χ3v) is 5.60. The molecule has 28 heavy (non-hydrogen) atoms. The molecule has 0 bridgehead atoms. The number of hydrogen-bond acceptors (Lipinski definition) is 5. The Labute approximate surface area is 167 Å². The molecular formula is C22H32N2O4. The third kappa shape index (κ3) is 5.96. The molecule has 1 saturated heterocycles. The van der Waals surface area contributed by atoms with Gasteiger partial charge in [-0.2, -0.15) is 0 Å². The summed E-state index contributed by atoms with van der Waals surface area (Å²) in [6.07, 6.45) is 6.01. The maximum atomic E-state index is 12.4. The number of carbonyl (C=O) groups excluding carboxylic acids is 2. The summed E-state index contributed by atoms with van der Waals surface area (Å²) in [7, 11) is 1.55. The van der Waals surface area contributed by atoms with Gasteiger partial charge in [-0.1, -0.05) is 0 Å². The van der Waals surface area contributed by atoms with Crippen molar-refractivity contribution in [2.45, 2.75) is 51.5 Å². The van der Waals surface area contributed by atoms with Gasteiger partial charge in [-0.25, -0.2) is 0 Å². The molecule has 154 valence electrons. The van der Waals surface area contributed by atoms with Crippen LogP contribution in [0.5, 0.6) is 11.5 Å². The second-order valence-electron chi connectivity index (χ2n) is 7.88. The molecule has 6 heteroatoms. The minimum absolute atomic E-state index is 0.0121. The predicted octanol–water partition coefficient (Wildman–Crippen LogP) is 3.05. The molecule has 2 aliphatic rings. The fourth-order valence-electron chi connectivity index (χ4n) is 3.56. The largest absolute Gasteiger partial charge is 0.493 e. The van der Waals surface area contributed by atoms with Gasteiger partial charge in [-0.15, -0.1) is 0 Å². The van der Waals surface area contributed by atoms with E-state index in [-0.39, 0.29) is 11.7 Å². The average Bonchev–Trinajstić information content (AvgIpc) is 3.54. The van der Waals surface area contributed by atoms with Crippen LogP contribution < -0.4 is 14.8 Å². The molecule has 1 saturated carbocycles. The highest BCUT2D eigenvalue weighted by Crippen LogP contribution is 2.29. The fraction of sp³-hybridized carbons (Fsp3) is 0.636. The van der Waals surface area contributed by atoms with Crippen molar-refractivity contribution < 1.29 is 19.1 Å². The molecule has 1 heterocycles. The number of Topliss-reactive ketones (excluding diaryl/α,β-unsaturated/α-hetero) is 1. The Bertz CT molecular complexity index is 679. The van der Waals surface area contributed by atoms with Crippen molar-refractivity contribution in [3.05, 3.63) is 23.8 Å². The van der Waals surface area contributed by atoms with Gasteiger partial charge in [-0.05, 0) is 69.7 Å². The van der Waals surface area contributed by atoms with E-state index in [4.69, 9.17) is 9.47 Å². The van der Waals surface area contributed by atoms with Crippen molar-refractivity contribution in [1.29, 1.82) is 0 Å². The highest BCUT2D eigenvalue weighted by molar-refractivity contribution is 5.94. The Balaban J connectivity index is 1.35. The standard InChI is InChI=1S/C22H32N2O4/c1-16(25)18-7-8-20(21(14-18)27-2)28-13-3-4-22(26)24-11-9-19(10-12-24)23-15-17-5-6-17/h7-8,14,17,19,23H,3-6,9-13,15H2,1-2H3. The zero-order valence-corrected chi connectivity index (χ0v) is 17.0. The van der Waals surface area contributed by atoms with Crippen molar-refractivity contribution in [2.24, 2.45) is 5.92 Å². The van der Waals surface area contributed by atoms with E-state index in [1.807, 2.05) is 4.90 Å². The number of rotatable bonds is 10. The van der Waals surface area contributed by atoms with Crippen LogP contribution in [0.15, 0.2) is 18.2 Å². The molecule has 1 aromatic rings. The van der Waals surface area contributed by atoms with Crippen LogP contribution in [0.3, 0.4) is 0 Å². The third-order valence-electron chi connectivity index (χ3n) is 5.60. The van der Waals surface area contributed by atoms with Crippen molar-refractivity contribution in [1.82, 2.24) is 10.2 Å². The first-order valence-corrected chi connectivity index (χ1v) is 10.4. The number of carbonyl (C=O) groups is 2. The quantitative estimate of drug-likeness (QED) is 0.493. The monoisotopic (exact) mass is 388 g/mol. The number of methoxy groups -OCH3 is 1. The highest BCUT2D eigenvalue weighted by Gasteiger charge is 2.25. The van der Waals surface area contributed by atoms with Gasteiger partial charge in [0, 0.05) is 31.1 Å². The van der Waals surface area contributed by atoms with Gasteiger partial charge in [0.05, 0.1) is 13.7 Å². The summed E-state index contributed by atoms with van der Waals surface area (Å²) in [4.78, 5) is 25.9. The lowest BCUT2D eigenvalue weighted by Crippen LogP contribution is -2.45. The zero-order chi connectivity index (χ0) is 19.9. The van der Waals surface area contributed by atoms with E-state index in [2.05, 4.69) is 5.32 Å². The van der Waals surface area contributed by atoms with Crippen LogP contribution in [0.1, 0.15) is 55.8 Å². The molecule has 0 unspecified atom stereocenters. The molecule has 2 fully saturated rings. The van der Waals surface area contributed by atoms with Gasteiger partial charge in [0.25, 0.3) is 0 Å². The summed E-state index contributed by atoms with van der Waals surface area (Å²) in [6, 6.07) is 5.73. The molecule has 3 rings (SSSR count). The van der Waals surface area contributed by atoms with Gasteiger partial charge in [0.2, 0.25) is 5.91 Å². The Morgan fingerprint density at radius 2 is 1.89 bits per heavy atom. The van der Waals surface area contributed by atoms with Gasteiger partial charge >= 0.3 is 0 Å². The number of ketones is 1. The van der Waals surface area contributed by atoms with E-state index in [1.165, 1.54) is 19.8 Å². The summed E-state index contributed by atoms with van der Waals surface area (Å²) in [6.45, 7) is 4.81. The van der Waals surface area contributed by atoms with E-state index in [1.54, 1.807) is 25.3 Å². The van der Waals surface area contributed by atoms with Crippen molar-refractivity contribution in [3.63, 3.8) is 0 Å². The molecule has 1 amide bonds. The maximum absolute atomic E-state index is 12.4. The van der Waals surface area contributed by atoms with Gasteiger partial charge < -0.3 is 19.7 Å². The van der Waals surface area contributed by atoms with Crippen molar-refractivity contribution in [3.8, 4) is 11.5 Å². The minimum atomic E-state index is -0.0121. The first kappa shape index (κ1) is 20.6. The second kappa shape index (κ2) is 9.92. The summed E-state index contributed by atoms with van der Waals surface area (Å²) < 4.78 is 11.1. The number of nitrogens with one attached hydrogen (secondary N) is 1. The number of nitrogens with zero attached hydrogens (tertiary/aromatic N) is 1. The van der Waals surface area contributed by atoms with Crippen LogP contribution >= 0.6 is 0 Å². The lowest BCUT2D eigenvalue weighted by molar-refractivity contribution is -0.132. The molecule has 1 aliphatic heterocycles. The lowest BCUT2D eigenvalue weighted by Gasteiger charge is -2.32. The zero-order valence-electron chi connectivity index (χ0n) is 17.0. The van der Waals surface area contributed by atoms with Crippen LogP contribution in [0, 0.1) is 5.92 Å². The number of piperidine rings is 1. The van der Waals surface area contributed by atoms with Crippen molar-refractivity contribution in [2.75, 3.05) is 33.4 Å². The molecule has 0 aromatic heterocycles. The molecule has 1 aliphatic carbocycles. The molecule has 6 nitrogen and oxygen atoms in total. The highest BCUT2D eigenvalue weighted by atomic mass is 16.5. The summed E-state index contributed by atoms with van der Waals surface area (Å²) in [5.41, 5.74) is 0.592. The molecular weight excluding hydrogens is 356 g/mol. The SMILES string of the molecule is COc1cc(C(C)=O)ccc1OCCCC(=O)N1CCC(NCC2CC2)CC1. The van der Waals surface area contributed by atoms with Gasteiger partial charge in [-0.3, -0.25) is 9.59 Å². The lowest BCUT2D eigenvalue weighted by atomic mass is 10.0. The van der Waals surface area contributed by atoms with E-state index in [9.17, 15) is 9.59 Å². The van der Waals surface area contributed by atoms with Crippen LogP contribution in [0.2, 0.25) is 0 Å². The first-order valence-electron chi connectivity index (χ1n) is 10.4. The normalized spacial score (nSPS) is 17.4. The summed E-state index contributed by atoms with van der Waals surface area (Å²) in [5, 5.41) is 3.64. The predicted molar refractivity (Wildman–Crippen MR) is 108 cm³/mol. The first-order chi connectivity index (χ1) is 13.6. The topological polar surface area (TPSA) is 67.9 Å². The number of hydrogen-bond donors (Lipinski definition) is 1. The van der Waals surface area contributed by atoms with Crippen LogP contribution in [0.25, 0.3) is 0 Å². The molecule has 1 aromatic carbocycles. The number of ether oxygens (including phenoxy) is 2. The molecule has 0 atom stereocenters. The Hall–Kier alpha value is -2.08. The molecule has 0 radical (unpaired) electrons. The van der Waals surface area contributed by atoms with Crippen LogP contribution in [0.4, 0.5) is 0 Å². The summed E-state index contributed by atoms with van der Waals surface area (Å²) in [5.74, 6) is 2.24. The minimum Gasteiger partial charge on any atom is -0.493 e. The van der Waals surface area contributed by atoms with Gasteiger partial charge in [0.15, 0.2) is 17.3 Å². The Kier molecular flexibility index (Phi) is 7.31. The number of benzene rings is 1. The van der Waals surface area contributed by atoms with Crippen LogP contribution in [-0.4, -0.2) is 56.0 Å². The van der Waals surface area contributed by atoms with Crippen molar-refractivity contribution >= 4 is 11.7 Å². The fourth-order valence-corrected chi connectivity index (χ4v) is 3.56. The van der Waals surface area contributed by atoms with Gasteiger partial charge in [0.1, 0.15) is 0 Å². The number of amides is 1. The van der Waals surface area contributed by atoms with E-state index < -0.39 is 0 Å². The van der Waals surface area contributed by atoms with E-state index in [0.29, 0.717) is 42.6 Å². The summed E-state index contributed by atoms with van der Waals surface area (Å²) >= 11 is 0. The number of likely N-dealkylation sites (tertiary alicyclic amines) is 1. The van der Waals surface area contributed by atoms with E-state index >= 15 is 0 Å². The Morgan fingerprint density at radius 3 is 2.54 bits per heavy atom. The maximum Gasteiger partial charge on any atom is 0.222 e. The smallest absolute Gasteiger partial charge is 0.222 e. The molecule has 1 N–H and O–H groups in total. The van der Waals surface area contributed by atoms with Crippen LogP contribution in [-0.2, 0) is 4.79 Å². The average molecular weight is 389 g/mol. The van der Waals surface area contributed by atoms with E-state index in [0.717, 1.165) is 38.4 Å².